The van der Waals surface area contributed by atoms with Crippen molar-refractivity contribution in [2.45, 2.75) is 20.5 Å². The van der Waals surface area contributed by atoms with Crippen molar-refractivity contribution in [2.75, 3.05) is 0 Å². The lowest BCUT2D eigenvalue weighted by molar-refractivity contribution is 0.200. The van der Waals surface area contributed by atoms with E-state index in [-0.39, 0.29) is 12.2 Å². The van der Waals surface area contributed by atoms with Crippen molar-refractivity contribution >= 4 is 11.9 Å². The van der Waals surface area contributed by atoms with Crippen LogP contribution in [0, 0.1) is 6.92 Å². The molecule has 0 bridgehead atoms. The van der Waals surface area contributed by atoms with Crippen LogP contribution in [0.5, 0.6) is 0 Å². The number of aliphatic imine (C=N–C) groups is 1. The smallest absolute Gasteiger partial charge is 0.258 e. The fraction of sp³-hybridized carbons (Fsp3) is 0.167. The molecule has 6 heteroatoms. The standard InChI is InChI=1S/C18H16FN3O2/c1-3-21-17-14-9-12(2)18(23)22(13-5-4-8-20-10-13)15(14)11-24-16(17)6-7-19/h3-10H,11H2,1-2H3/b7-6+,21-3-. The number of aromatic nitrogens is 2. The molecule has 3 heterocycles. The van der Waals surface area contributed by atoms with E-state index in [0.29, 0.717) is 34.7 Å². The Bertz CT molecular complexity index is 912. The Morgan fingerprint density at radius 1 is 1.46 bits per heavy atom. The van der Waals surface area contributed by atoms with Crippen molar-refractivity contribution in [1.82, 2.24) is 9.55 Å². The molecule has 0 saturated carbocycles. The third-order valence-electron chi connectivity index (χ3n) is 3.71. The maximum absolute atomic E-state index is 12.7. The molecule has 3 rings (SSSR count). The van der Waals surface area contributed by atoms with E-state index in [1.54, 1.807) is 55.2 Å². The number of hydrogen-bond acceptors (Lipinski definition) is 4. The molecule has 24 heavy (non-hydrogen) atoms. The number of nitrogens with zero attached hydrogens (tertiary/aromatic N) is 3. The highest BCUT2D eigenvalue weighted by molar-refractivity contribution is 5.77. The lowest BCUT2D eigenvalue weighted by atomic mass is 10.0. The first-order chi connectivity index (χ1) is 11.7. The Labute approximate surface area is 138 Å². The number of rotatable bonds is 3. The summed E-state index contributed by atoms with van der Waals surface area (Å²) in [5, 5.41) is 0. The topological polar surface area (TPSA) is 56.5 Å². The van der Waals surface area contributed by atoms with Crippen molar-refractivity contribution in [2.24, 2.45) is 4.99 Å². The second kappa shape index (κ2) is 6.62. The highest BCUT2D eigenvalue weighted by Crippen LogP contribution is 2.32. The Balaban J connectivity index is 2.35. The quantitative estimate of drug-likeness (QED) is 0.814. The van der Waals surface area contributed by atoms with Crippen LogP contribution in [0.3, 0.4) is 0 Å². The van der Waals surface area contributed by atoms with E-state index in [9.17, 15) is 9.18 Å². The molecule has 0 saturated heterocycles. The van der Waals surface area contributed by atoms with Gasteiger partial charge in [-0.05, 0) is 32.0 Å². The fourth-order valence-corrected chi connectivity index (χ4v) is 2.68. The lowest BCUT2D eigenvalue weighted by Crippen LogP contribution is -2.27. The SMILES string of the molecule is C/C=N\C1=C(/C=C/F)OCc2c1cc(C)c(=O)n2-c1cccnc1. The van der Waals surface area contributed by atoms with Gasteiger partial charge in [0.15, 0.2) is 0 Å². The molecular formula is C18H16FN3O2. The van der Waals surface area contributed by atoms with Crippen LogP contribution in [0.2, 0.25) is 0 Å². The van der Waals surface area contributed by atoms with Crippen LogP contribution in [0.1, 0.15) is 23.7 Å². The summed E-state index contributed by atoms with van der Waals surface area (Å²) in [6.07, 6.45) is 6.50. The molecule has 0 amide bonds. The van der Waals surface area contributed by atoms with Crippen LogP contribution in [0.25, 0.3) is 11.4 Å². The fourth-order valence-electron chi connectivity index (χ4n) is 2.68. The van der Waals surface area contributed by atoms with Gasteiger partial charge in [0.2, 0.25) is 0 Å². The van der Waals surface area contributed by atoms with Crippen LogP contribution in [-0.2, 0) is 11.3 Å². The number of halogens is 1. The predicted octanol–water partition coefficient (Wildman–Crippen LogP) is 3.31. The van der Waals surface area contributed by atoms with E-state index in [2.05, 4.69) is 9.98 Å². The average Bonchev–Trinajstić information content (AvgIpc) is 2.59. The maximum Gasteiger partial charge on any atom is 0.258 e. The number of hydrogen-bond donors (Lipinski definition) is 0. The summed E-state index contributed by atoms with van der Waals surface area (Å²) in [6.45, 7) is 3.65. The molecule has 0 aromatic carbocycles. The summed E-state index contributed by atoms with van der Waals surface area (Å²) in [4.78, 5) is 21.1. The summed E-state index contributed by atoms with van der Waals surface area (Å²) >= 11 is 0. The van der Waals surface area contributed by atoms with Gasteiger partial charge in [0, 0.05) is 29.6 Å². The molecule has 0 atom stereocenters. The summed E-state index contributed by atoms with van der Waals surface area (Å²) in [7, 11) is 0. The molecule has 1 aliphatic rings. The van der Waals surface area contributed by atoms with Gasteiger partial charge >= 0.3 is 0 Å². The van der Waals surface area contributed by atoms with Gasteiger partial charge in [0.1, 0.15) is 18.1 Å². The van der Waals surface area contributed by atoms with Crippen LogP contribution < -0.4 is 5.56 Å². The second-order valence-electron chi connectivity index (χ2n) is 5.22. The first-order valence-electron chi connectivity index (χ1n) is 7.46. The predicted molar refractivity (Wildman–Crippen MR) is 90.7 cm³/mol. The number of ether oxygens (including phenoxy) is 1. The van der Waals surface area contributed by atoms with Gasteiger partial charge in [-0.3, -0.25) is 19.3 Å². The molecule has 0 N–H and O–H groups in total. The van der Waals surface area contributed by atoms with E-state index >= 15 is 0 Å². The minimum Gasteiger partial charge on any atom is -0.485 e. The average molecular weight is 325 g/mol. The largest absolute Gasteiger partial charge is 0.485 e. The highest BCUT2D eigenvalue weighted by atomic mass is 19.1. The minimum absolute atomic E-state index is 0.141. The van der Waals surface area contributed by atoms with Crippen LogP contribution in [-0.4, -0.2) is 15.8 Å². The molecule has 5 nitrogen and oxygen atoms in total. The molecular weight excluding hydrogens is 309 g/mol. The summed E-state index contributed by atoms with van der Waals surface area (Å²) in [6, 6.07) is 5.33. The number of allylic oxidation sites excluding steroid dienone is 1. The van der Waals surface area contributed by atoms with E-state index in [4.69, 9.17) is 4.74 Å². The molecule has 2 aromatic rings. The molecule has 122 valence electrons. The van der Waals surface area contributed by atoms with Crippen LogP contribution in [0.4, 0.5) is 4.39 Å². The Hall–Kier alpha value is -3.02. The lowest BCUT2D eigenvalue weighted by Gasteiger charge is -2.24. The summed E-state index contributed by atoms with van der Waals surface area (Å²) in [5.74, 6) is 0.332. The van der Waals surface area contributed by atoms with Gasteiger partial charge in [-0.15, -0.1) is 0 Å². The van der Waals surface area contributed by atoms with Gasteiger partial charge in [0.05, 0.1) is 23.9 Å². The van der Waals surface area contributed by atoms with E-state index in [1.807, 2.05) is 0 Å². The first-order valence-corrected chi connectivity index (χ1v) is 7.46. The Kier molecular flexibility index (Phi) is 4.37. The third-order valence-corrected chi connectivity index (χ3v) is 3.71. The maximum atomic E-state index is 12.7. The molecule has 0 radical (unpaired) electrons. The monoisotopic (exact) mass is 325 g/mol. The molecule has 0 unspecified atom stereocenters. The Morgan fingerprint density at radius 2 is 2.29 bits per heavy atom. The van der Waals surface area contributed by atoms with Crippen molar-refractivity contribution in [3.05, 3.63) is 75.9 Å². The zero-order valence-corrected chi connectivity index (χ0v) is 13.4. The number of aryl methyl sites for hydroxylation is 1. The number of pyridine rings is 2. The van der Waals surface area contributed by atoms with Gasteiger partial charge < -0.3 is 4.74 Å². The van der Waals surface area contributed by atoms with E-state index in [1.165, 1.54) is 6.08 Å². The normalized spacial score (nSPS) is 14.3. The van der Waals surface area contributed by atoms with E-state index in [0.717, 1.165) is 5.56 Å². The first kappa shape index (κ1) is 15.9. The Morgan fingerprint density at radius 3 is 2.96 bits per heavy atom. The third kappa shape index (κ3) is 2.67. The van der Waals surface area contributed by atoms with Crippen molar-refractivity contribution in [3.63, 3.8) is 0 Å². The zero-order chi connectivity index (χ0) is 17.1. The van der Waals surface area contributed by atoms with Crippen LogP contribution >= 0.6 is 0 Å². The summed E-state index contributed by atoms with van der Waals surface area (Å²) in [5.41, 5.74) is 2.97. The van der Waals surface area contributed by atoms with Gasteiger partial charge in [-0.1, -0.05) is 0 Å². The van der Waals surface area contributed by atoms with Crippen molar-refractivity contribution < 1.29 is 9.13 Å². The molecule has 0 fully saturated rings. The van der Waals surface area contributed by atoms with Crippen molar-refractivity contribution in [1.29, 1.82) is 0 Å². The molecule has 2 aromatic heterocycles. The van der Waals surface area contributed by atoms with Gasteiger partial charge in [-0.2, -0.15) is 0 Å². The minimum atomic E-state index is -0.144. The van der Waals surface area contributed by atoms with Gasteiger partial charge in [0.25, 0.3) is 5.56 Å². The highest BCUT2D eigenvalue weighted by Gasteiger charge is 2.24. The van der Waals surface area contributed by atoms with Gasteiger partial charge in [-0.25, -0.2) is 4.39 Å². The second-order valence-corrected chi connectivity index (χ2v) is 5.22. The van der Waals surface area contributed by atoms with Crippen molar-refractivity contribution in [3.8, 4) is 5.69 Å². The van der Waals surface area contributed by atoms with E-state index < -0.39 is 0 Å². The molecule has 0 aliphatic carbocycles. The van der Waals surface area contributed by atoms with Crippen LogP contribution in [0.15, 0.2) is 58.5 Å². The summed E-state index contributed by atoms with van der Waals surface area (Å²) < 4.78 is 19.8. The molecule has 1 aliphatic heterocycles. The molecule has 0 spiro atoms. The zero-order valence-electron chi connectivity index (χ0n) is 13.4. The number of fused-ring (bicyclic) bond motifs is 1.